The van der Waals surface area contributed by atoms with Crippen LogP contribution in [0.1, 0.15) is 27.2 Å². The predicted molar refractivity (Wildman–Crippen MR) is 85.3 cm³/mol. The Kier molecular flexibility index (Phi) is 7.80. The summed E-state index contributed by atoms with van der Waals surface area (Å²) in [4.78, 5) is 18.0. The van der Waals surface area contributed by atoms with Crippen LogP contribution in [0.4, 0.5) is 0 Å². The van der Waals surface area contributed by atoms with E-state index in [1.807, 2.05) is 11.8 Å². The number of nitrogens with one attached hydrogen (secondary N) is 1. The summed E-state index contributed by atoms with van der Waals surface area (Å²) in [6.07, 6.45) is 0.335. The molecule has 0 aliphatic carbocycles. The summed E-state index contributed by atoms with van der Waals surface area (Å²) in [7, 11) is 1.41. The van der Waals surface area contributed by atoms with Crippen LogP contribution >= 0.6 is 11.8 Å². The third-order valence-corrected chi connectivity index (χ3v) is 4.82. The Morgan fingerprint density at radius 3 is 2.90 bits per heavy atom. The van der Waals surface area contributed by atoms with Gasteiger partial charge in [-0.1, -0.05) is 13.8 Å². The molecule has 0 radical (unpaired) electrons. The molecular formula is C14H27N3O2S. The first kappa shape index (κ1) is 17.1. The molecule has 1 unspecified atom stereocenters. The molecule has 0 saturated carbocycles. The van der Waals surface area contributed by atoms with E-state index >= 15 is 0 Å². The highest BCUT2D eigenvalue weighted by Crippen LogP contribution is 2.24. The zero-order valence-electron chi connectivity index (χ0n) is 13.0. The highest BCUT2D eigenvalue weighted by Gasteiger charge is 2.24. The van der Waals surface area contributed by atoms with E-state index in [-0.39, 0.29) is 5.97 Å². The summed E-state index contributed by atoms with van der Waals surface area (Å²) >= 11 is 2.04. The van der Waals surface area contributed by atoms with Crippen molar-refractivity contribution in [2.24, 2.45) is 10.9 Å². The largest absolute Gasteiger partial charge is 0.469 e. The van der Waals surface area contributed by atoms with E-state index in [2.05, 4.69) is 40.7 Å². The van der Waals surface area contributed by atoms with Gasteiger partial charge >= 0.3 is 5.97 Å². The number of esters is 1. The smallest absolute Gasteiger partial charge is 0.307 e. The van der Waals surface area contributed by atoms with Crippen LogP contribution in [0.2, 0.25) is 0 Å². The first-order valence-electron chi connectivity index (χ1n) is 7.30. The topological polar surface area (TPSA) is 53.9 Å². The van der Waals surface area contributed by atoms with Gasteiger partial charge in [0, 0.05) is 30.6 Å². The van der Waals surface area contributed by atoms with Crippen molar-refractivity contribution in [3.8, 4) is 0 Å². The van der Waals surface area contributed by atoms with Crippen LogP contribution in [0.15, 0.2) is 4.99 Å². The van der Waals surface area contributed by atoms with Crippen LogP contribution < -0.4 is 5.32 Å². The van der Waals surface area contributed by atoms with Gasteiger partial charge in [-0.3, -0.25) is 9.79 Å². The average molecular weight is 301 g/mol. The number of rotatable bonds is 5. The molecule has 1 N–H and O–H groups in total. The Balaban J connectivity index is 2.59. The number of carbonyl (C=O) groups excluding carboxylic acids is 1. The normalized spacial score (nSPS) is 20.1. The van der Waals surface area contributed by atoms with Gasteiger partial charge in [0.15, 0.2) is 5.96 Å². The highest BCUT2D eigenvalue weighted by atomic mass is 32.2. The molecule has 0 spiro atoms. The molecule has 6 heteroatoms. The highest BCUT2D eigenvalue weighted by molar-refractivity contribution is 8.00. The lowest BCUT2D eigenvalue weighted by Gasteiger charge is -2.36. The fraction of sp³-hybridized carbons (Fsp3) is 0.857. The molecule has 0 amide bonds. The van der Waals surface area contributed by atoms with Crippen molar-refractivity contribution < 1.29 is 9.53 Å². The zero-order chi connectivity index (χ0) is 15.0. The van der Waals surface area contributed by atoms with Gasteiger partial charge < -0.3 is 15.0 Å². The minimum absolute atomic E-state index is 0.209. The van der Waals surface area contributed by atoms with E-state index in [0.717, 1.165) is 31.3 Å². The van der Waals surface area contributed by atoms with Crippen LogP contribution in [0.25, 0.3) is 0 Å². The van der Waals surface area contributed by atoms with Gasteiger partial charge in [0.05, 0.1) is 20.1 Å². The molecule has 1 heterocycles. The summed E-state index contributed by atoms with van der Waals surface area (Å²) < 4.78 is 4.64. The van der Waals surface area contributed by atoms with Gasteiger partial charge in [-0.2, -0.15) is 11.8 Å². The number of methoxy groups -OCH3 is 1. The van der Waals surface area contributed by atoms with E-state index in [1.165, 1.54) is 7.11 Å². The lowest BCUT2D eigenvalue weighted by molar-refractivity contribution is -0.140. The molecule has 1 aliphatic rings. The first-order valence-corrected chi connectivity index (χ1v) is 8.35. The van der Waals surface area contributed by atoms with Gasteiger partial charge in [-0.15, -0.1) is 0 Å². The molecule has 1 atom stereocenters. The summed E-state index contributed by atoms with van der Waals surface area (Å²) in [5.74, 6) is 2.51. The fourth-order valence-corrected chi connectivity index (χ4v) is 3.35. The third kappa shape index (κ3) is 5.61. The maximum atomic E-state index is 11.1. The fourth-order valence-electron chi connectivity index (χ4n) is 2.05. The molecule has 0 bridgehead atoms. The van der Waals surface area contributed by atoms with E-state index < -0.39 is 0 Å². The Morgan fingerprint density at radius 2 is 2.30 bits per heavy atom. The maximum absolute atomic E-state index is 11.1. The summed E-state index contributed by atoms with van der Waals surface area (Å²) in [5, 5.41) is 3.96. The standard InChI is InChI=1S/C14H27N3O2S/c1-5-15-14(16-7-6-13(18)19-4)17-8-9-20-12(10-17)11(2)3/h11-12H,5-10H2,1-4H3,(H,15,16). The molecule has 1 saturated heterocycles. The number of hydrogen-bond acceptors (Lipinski definition) is 4. The SMILES string of the molecule is CCNC(=NCCC(=O)OC)N1CCSC(C(C)C)C1. The van der Waals surface area contributed by atoms with E-state index in [1.54, 1.807) is 0 Å². The monoisotopic (exact) mass is 301 g/mol. The summed E-state index contributed by atoms with van der Waals surface area (Å²) in [5.41, 5.74) is 0. The molecule has 0 aromatic heterocycles. The zero-order valence-corrected chi connectivity index (χ0v) is 13.8. The Morgan fingerprint density at radius 1 is 1.55 bits per heavy atom. The van der Waals surface area contributed by atoms with Crippen molar-refractivity contribution in [3.63, 3.8) is 0 Å². The van der Waals surface area contributed by atoms with Crippen molar-refractivity contribution in [2.75, 3.05) is 39.0 Å². The van der Waals surface area contributed by atoms with Gasteiger partial charge in [0.2, 0.25) is 0 Å². The quantitative estimate of drug-likeness (QED) is 0.475. The second kappa shape index (κ2) is 9.10. The summed E-state index contributed by atoms with van der Waals surface area (Å²) in [6.45, 7) is 9.95. The number of carbonyl (C=O) groups is 1. The number of hydrogen-bond donors (Lipinski definition) is 1. The number of ether oxygens (including phenoxy) is 1. The maximum Gasteiger partial charge on any atom is 0.307 e. The minimum Gasteiger partial charge on any atom is -0.469 e. The molecule has 0 aromatic carbocycles. The lowest BCUT2D eigenvalue weighted by atomic mass is 10.1. The van der Waals surface area contributed by atoms with E-state index in [0.29, 0.717) is 24.1 Å². The van der Waals surface area contributed by atoms with Crippen LogP contribution in [0.5, 0.6) is 0 Å². The van der Waals surface area contributed by atoms with Gasteiger partial charge in [0.25, 0.3) is 0 Å². The molecule has 116 valence electrons. The van der Waals surface area contributed by atoms with E-state index in [4.69, 9.17) is 0 Å². The van der Waals surface area contributed by atoms with Crippen molar-refractivity contribution in [1.82, 2.24) is 10.2 Å². The molecule has 1 aliphatic heterocycles. The van der Waals surface area contributed by atoms with Crippen molar-refractivity contribution in [1.29, 1.82) is 0 Å². The van der Waals surface area contributed by atoms with Crippen LogP contribution in [0, 0.1) is 5.92 Å². The first-order chi connectivity index (χ1) is 9.58. The molecular weight excluding hydrogens is 274 g/mol. The average Bonchev–Trinajstić information content (AvgIpc) is 2.46. The van der Waals surface area contributed by atoms with Gasteiger partial charge in [-0.25, -0.2) is 0 Å². The van der Waals surface area contributed by atoms with Crippen LogP contribution in [-0.4, -0.2) is 61.1 Å². The van der Waals surface area contributed by atoms with Crippen LogP contribution in [0.3, 0.4) is 0 Å². The second-order valence-electron chi connectivity index (χ2n) is 5.16. The molecule has 1 rings (SSSR count). The lowest BCUT2D eigenvalue weighted by Crippen LogP contribution is -2.49. The predicted octanol–water partition coefficient (Wildman–Crippen LogP) is 1.59. The molecule has 20 heavy (non-hydrogen) atoms. The van der Waals surface area contributed by atoms with Crippen molar-refractivity contribution >= 4 is 23.7 Å². The Hall–Kier alpha value is -0.910. The molecule has 5 nitrogen and oxygen atoms in total. The molecule has 1 fully saturated rings. The van der Waals surface area contributed by atoms with Crippen LogP contribution in [-0.2, 0) is 9.53 Å². The number of aliphatic imine (C=N–C) groups is 1. The third-order valence-electron chi connectivity index (χ3n) is 3.28. The summed E-state index contributed by atoms with van der Waals surface area (Å²) in [6, 6.07) is 0. The van der Waals surface area contributed by atoms with Gasteiger partial charge in [0.1, 0.15) is 0 Å². The minimum atomic E-state index is -0.209. The van der Waals surface area contributed by atoms with Crippen molar-refractivity contribution in [2.45, 2.75) is 32.4 Å². The Labute approximate surface area is 126 Å². The number of nitrogens with zero attached hydrogens (tertiary/aromatic N) is 2. The second-order valence-corrected chi connectivity index (χ2v) is 6.51. The van der Waals surface area contributed by atoms with E-state index in [9.17, 15) is 4.79 Å². The number of guanidine groups is 1. The van der Waals surface area contributed by atoms with Gasteiger partial charge in [-0.05, 0) is 12.8 Å². The molecule has 0 aromatic rings. The Bertz CT molecular complexity index is 334. The number of thioether (sulfide) groups is 1. The van der Waals surface area contributed by atoms with Crippen molar-refractivity contribution in [3.05, 3.63) is 0 Å².